The molecular formula is C17H24BrNO2. The zero-order valence-corrected chi connectivity index (χ0v) is 14.3. The molecule has 0 N–H and O–H groups in total. The van der Waals surface area contributed by atoms with Gasteiger partial charge in [0.25, 0.3) is 0 Å². The smallest absolute Gasteiger partial charge is 0.131 e. The number of hydrogen-bond donors (Lipinski definition) is 0. The molecular weight excluding hydrogens is 330 g/mol. The highest BCUT2D eigenvalue weighted by Gasteiger charge is 2.21. The molecule has 1 aliphatic heterocycles. The number of ketones is 1. The molecule has 1 aromatic rings. The molecule has 2 rings (SSSR count). The third-order valence-electron chi connectivity index (χ3n) is 3.97. The van der Waals surface area contributed by atoms with Crippen LogP contribution in [0, 0.1) is 0 Å². The van der Waals surface area contributed by atoms with Crippen LogP contribution >= 0.6 is 15.9 Å². The van der Waals surface area contributed by atoms with E-state index in [1.807, 2.05) is 24.3 Å². The van der Waals surface area contributed by atoms with E-state index in [9.17, 15) is 4.79 Å². The van der Waals surface area contributed by atoms with E-state index in [0.29, 0.717) is 24.9 Å². The van der Waals surface area contributed by atoms with Crippen LogP contribution in [0.15, 0.2) is 28.7 Å². The fourth-order valence-corrected chi connectivity index (χ4v) is 3.31. The fraction of sp³-hybridized carbons (Fsp3) is 0.588. The summed E-state index contributed by atoms with van der Waals surface area (Å²) >= 11 is 3.45. The first kappa shape index (κ1) is 16.5. The quantitative estimate of drug-likeness (QED) is 0.772. The number of likely N-dealkylation sites (tertiary alicyclic amines) is 1. The van der Waals surface area contributed by atoms with Crippen molar-refractivity contribution in [2.24, 2.45) is 0 Å². The van der Waals surface area contributed by atoms with E-state index < -0.39 is 0 Å². The summed E-state index contributed by atoms with van der Waals surface area (Å²) in [5.41, 5.74) is 0. The first-order chi connectivity index (χ1) is 10.1. The minimum Gasteiger partial charge on any atom is -0.492 e. The van der Waals surface area contributed by atoms with Crippen molar-refractivity contribution in [3.05, 3.63) is 28.7 Å². The van der Waals surface area contributed by atoms with Crippen molar-refractivity contribution in [1.29, 1.82) is 0 Å². The first-order valence-corrected chi connectivity index (χ1v) is 8.56. The predicted octanol–water partition coefficient (Wildman–Crippen LogP) is 4.05. The Bertz CT molecular complexity index is 464. The lowest BCUT2D eigenvalue weighted by Crippen LogP contribution is -2.38. The summed E-state index contributed by atoms with van der Waals surface area (Å²) in [6, 6.07) is 8.32. The van der Waals surface area contributed by atoms with Gasteiger partial charge in [0, 0.05) is 23.5 Å². The van der Waals surface area contributed by atoms with Gasteiger partial charge in [-0.3, -0.25) is 9.69 Å². The average Bonchev–Trinajstić information content (AvgIpc) is 2.64. The highest BCUT2D eigenvalue weighted by atomic mass is 79.9. The summed E-state index contributed by atoms with van der Waals surface area (Å²) in [7, 11) is 0. The summed E-state index contributed by atoms with van der Waals surface area (Å²) in [4.78, 5) is 13.9. The Hall–Kier alpha value is -0.870. The molecule has 0 amide bonds. The summed E-state index contributed by atoms with van der Waals surface area (Å²) in [5, 5.41) is 0. The zero-order chi connectivity index (χ0) is 15.1. The number of rotatable bonds is 6. The van der Waals surface area contributed by atoms with Crippen LogP contribution in [0.1, 0.15) is 39.0 Å². The van der Waals surface area contributed by atoms with E-state index in [1.165, 1.54) is 19.3 Å². The fourth-order valence-electron chi connectivity index (χ4n) is 2.93. The van der Waals surface area contributed by atoms with Gasteiger partial charge < -0.3 is 4.74 Å². The van der Waals surface area contributed by atoms with Crippen molar-refractivity contribution in [3.63, 3.8) is 0 Å². The second kappa shape index (κ2) is 8.54. The molecule has 0 radical (unpaired) electrons. The van der Waals surface area contributed by atoms with Gasteiger partial charge in [-0.1, -0.05) is 34.8 Å². The summed E-state index contributed by atoms with van der Waals surface area (Å²) < 4.78 is 6.86. The number of carbonyl (C=O) groups is 1. The topological polar surface area (TPSA) is 29.5 Å². The van der Waals surface area contributed by atoms with E-state index in [4.69, 9.17) is 4.74 Å². The molecule has 4 heteroatoms. The van der Waals surface area contributed by atoms with Crippen LogP contribution in [0.3, 0.4) is 0 Å². The molecule has 0 aromatic heterocycles. The number of nitrogens with zero attached hydrogens (tertiary/aromatic N) is 1. The van der Waals surface area contributed by atoms with Gasteiger partial charge in [0.15, 0.2) is 0 Å². The molecule has 1 unspecified atom stereocenters. The molecule has 1 saturated heterocycles. The van der Waals surface area contributed by atoms with Crippen molar-refractivity contribution in [1.82, 2.24) is 4.90 Å². The lowest BCUT2D eigenvalue weighted by Gasteiger charge is -2.29. The Kier molecular flexibility index (Phi) is 6.71. The molecule has 1 heterocycles. The van der Waals surface area contributed by atoms with Crippen LogP contribution in [0.5, 0.6) is 5.75 Å². The number of ether oxygens (including phenoxy) is 1. The maximum Gasteiger partial charge on any atom is 0.131 e. The van der Waals surface area contributed by atoms with Crippen molar-refractivity contribution in [3.8, 4) is 5.75 Å². The van der Waals surface area contributed by atoms with Crippen LogP contribution < -0.4 is 4.74 Å². The van der Waals surface area contributed by atoms with Gasteiger partial charge >= 0.3 is 0 Å². The second-order valence-electron chi connectivity index (χ2n) is 5.75. The maximum atomic E-state index is 11.4. The predicted molar refractivity (Wildman–Crippen MR) is 88.8 cm³/mol. The molecule has 0 aliphatic carbocycles. The lowest BCUT2D eigenvalue weighted by atomic mass is 10.0. The van der Waals surface area contributed by atoms with Gasteiger partial charge in [-0.05, 0) is 44.5 Å². The second-order valence-corrected chi connectivity index (χ2v) is 6.67. The molecule has 1 atom stereocenters. The van der Waals surface area contributed by atoms with Crippen LogP contribution in [0.2, 0.25) is 0 Å². The maximum absolute atomic E-state index is 11.4. The molecule has 116 valence electrons. The summed E-state index contributed by atoms with van der Waals surface area (Å²) in [6.45, 7) is 4.34. The van der Waals surface area contributed by atoms with E-state index in [-0.39, 0.29) is 0 Å². The number of halogens is 1. The molecule has 1 fully saturated rings. The molecule has 0 bridgehead atoms. The van der Waals surface area contributed by atoms with Gasteiger partial charge in [-0.2, -0.15) is 0 Å². The Balaban J connectivity index is 1.85. The molecule has 0 saturated carbocycles. The number of carbonyl (C=O) groups excluding carboxylic acids is 1. The highest BCUT2D eigenvalue weighted by Crippen LogP contribution is 2.20. The number of Topliss-reactive ketones (excluding diaryl/α,β-unsaturated/α-hetero) is 1. The van der Waals surface area contributed by atoms with Crippen LogP contribution in [-0.2, 0) is 4.79 Å². The first-order valence-electron chi connectivity index (χ1n) is 7.77. The van der Waals surface area contributed by atoms with Crippen molar-refractivity contribution in [2.75, 3.05) is 19.7 Å². The highest BCUT2D eigenvalue weighted by molar-refractivity contribution is 9.10. The van der Waals surface area contributed by atoms with Crippen molar-refractivity contribution in [2.45, 2.75) is 45.1 Å². The Labute approximate surface area is 135 Å². The molecule has 1 aliphatic rings. The molecule has 21 heavy (non-hydrogen) atoms. The SMILES string of the molecule is CC(=O)CC1CCCCCN1CCOc1cccc(Br)c1. The van der Waals surface area contributed by atoms with E-state index in [2.05, 4.69) is 20.8 Å². The largest absolute Gasteiger partial charge is 0.492 e. The summed E-state index contributed by atoms with van der Waals surface area (Å²) in [5.74, 6) is 1.18. The molecule has 3 nitrogen and oxygen atoms in total. The zero-order valence-electron chi connectivity index (χ0n) is 12.7. The Morgan fingerprint density at radius 3 is 3.00 bits per heavy atom. The van der Waals surface area contributed by atoms with Crippen molar-refractivity contribution < 1.29 is 9.53 Å². The van der Waals surface area contributed by atoms with Crippen LogP contribution in [0.4, 0.5) is 0 Å². The van der Waals surface area contributed by atoms with E-state index >= 15 is 0 Å². The third kappa shape index (κ3) is 5.79. The van der Waals surface area contributed by atoms with Crippen molar-refractivity contribution >= 4 is 21.7 Å². The Morgan fingerprint density at radius 2 is 2.24 bits per heavy atom. The van der Waals surface area contributed by atoms with E-state index in [1.54, 1.807) is 6.92 Å². The van der Waals surface area contributed by atoms with Gasteiger partial charge in [0.05, 0.1) is 0 Å². The molecule has 1 aromatic carbocycles. The minimum absolute atomic E-state index is 0.291. The third-order valence-corrected chi connectivity index (χ3v) is 4.46. The van der Waals surface area contributed by atoms with Crippen LogP contribution in [0.25, 0.3) is 0 Å². The Morgan fingerprint density at radius 1 is 1.38 bits per heavy atom. The number of benzene rings is 1. The average molecular weight is 354 g/mol. The standard InChI is InChI=1S/C17H24BrNO2/c1-14(20)12-16-7-3-2-4-9-19(16)10-11-21-17-8-5-6-15(18)13-17/h5-6,8,13,16H,2-4,7,9-12H2,1H3. The molecule has 0 spiro atoms. The van der Waals surface area contributed by atoms with Gasteiger partial charge in [0.2, 0.25) is 0 Å². The van der Waals surface area contributed by atoms with Gasteiger partial charge in [-0.25, -0.2) is 0 Å². The number of hydrogen-bond acceptors (Lipinski definition) is 3. The van der Waals surface area contributed by atoms with E-state index in [0.717, 1.165) is 29.7 Å². The minimum atomic E-state index is 0.291. The van der Waals surface area contributed by atoms with Gasteiger partial charge in [-0.15, -0.1) is 0 Å². The lowest BCUT2D eigenvalue weighted by molar-refractivity contribution is -0.118. The monoisotopic (exact) mass is 353 g/mol. The normalized spacial score (nSPS) is 20.0. The van der Waals surface area contributed by atoms with Crippen LogP contribution in [-0.4, -0.2) is 36.4 Å². The van der Waals surface area contributed by atoms with Gasteiger partial charge in [0.1, 0.15) is 18.1 Å². The summed E-state index contributed by atoms with van der Waals surface area (Å²) in [6.07, 6.45) is 5.55.